The van der Waals surface area contributed by atoms with Crippen molar-refractivity contribution in [2.75, 3.05) is 13.1 Å². The number of benzene rings is 1. The molecule has 1 fully saturated rings. The Bertz CT molecular complexity index is 268. The largest absolute Gasteiger partial charge is 0.316 e. The molecule has 1 aliphatic rings. The van der Waals surface area contributed by atoms with E-state index in [0.717, 1.165) is 11.8 Å². The lowest BCUT2D eigenvalue weighted by molar-refractivity contribution is 0.318. The van der Waals surface area contributed by atoms with E-state index in [-0.39, 0.29) is 0 Å². The molecule has 0 spiro atoms. The number of rotatable bonds is 2. The molecular weight excluding hydrogens is 170 g/mol. The quantitative estimate of drug-likeness (QED) is 0.754. The molecule has 76 valence electrons. The highest BCUT2D eigenvalue weighted by Gasteiger charge is 2.24. The van der Waals surface area contributed by atoms with Gasteiger partial charge >= 0.3 is 0 Å². The fourth-order valence-corrected chi connectivity index (χ4v) is 2.49. The van der Waals surface area contributed by atoms with Gasteiger partial charge in [0.25, 0.3) is 0 Å². The highest BCUT2D eigenvalue weighted by atomic mass is 14.9. The first-order valence-electron chi connectivity index (χ1n) is 5.67. The minimum Gasteiger partial charge on any atom is -0.316 e. The molecule has 1 saturated heterocycles. The summed E-state index contributed by atoms with van der Waals surface area (Å²) < 4.78 is 0. The Morgan fingerprint density at radius 3 is 2.79 bits per heavy atom. The van der Waals surface area contributed by atoms with Crippen molar-refractivity contribution < 1.29 is 0 Å². The van der Waals surface area contributed by atoms with E-state index in [1.54, 1.807) is 0 Å². The van der Waals surface area contributed by atoms with Gasteiger partial charge in [0, 0.05) is 0 Å². The van der Waals surface area contributed by atoms with Crippen molar-refractivity contribution in [2.24, 2.45) is 5.92 Å². The molecule has 0 aromatic heterocycles. The molecule has 1 heteroatoms. The number of nitrogens with one attached hydrogen (secondary N) is 1. The van der Waals surface area contributed by atoms with E-state index in [0.29, 0.717) is 0 Å². The van der Waals surface area contributed by atoms with E-state index >= 15 is 0 Å². The van der Waals surface area contributed by atoms with Gasteiger partial charge in [0.15, 0.2) is 0 Å². The van der Waals surface area contributed by atoms with Crippen LogP contribution in [-0.4, -0.2) is 13.1 Å². The second kappa shape index (κ2) is 4.61. The Morgan fingerprint density at radius 1 is 1.29 bits per heavy atom. The summed E-state index contributed by atoms with van der Waals surface area (Å²) in [5.74, 6) is 1.61. The van der Waals surface area contributed by atoms with Gasteiger partial charge < -0.3 is 5.32 Å². The van der Waals surface area contributed by atoms with Crippen LogP contribution in [0.3, 0.4) is 0 Å². The lowest BCUT2D eigenvalue weighted by Crippen LogP contribution is -2.35. The van der Waals surface area contributed by atoms with Gasteiger partial charge in [-0.1, -0.05) is 43.7 Å². The first-order valence-corrected chi connectivity index (χ1v) is 5.67. The van der Waals surface area contributed by atoms with Crippen molar-refractivity contribution >= 4 is 0 Å². The highest BCUT2D eigenvalue weighted by molar-refractivity contribution is 5.21. The monoisotopic (exact) mass is 189 g/mol. The van der Waals surface area contributed by atoms with Crippen LogP contribution < -0.4 is 5.32 Å². The van der Waals surface area contributed by atoms with Crippen LogP contribution in [0.5, 0.6) is 0 Å². The van der Waals surface area contributed by atoms with Crippen LogP contribution in [0, 0.1) is 5.92 Å². The topological polar surface area (TPSA) is 12.0 Å². The Morgan fingerprint density at radius 2 is 2.07 bits per heavy atom. The molecule has 1 aliphatic heterocycles. The van der Waals surface area contributed by atoms with Crippen LogP contribution in [0.2, 0.25) is 0 Å². The van der Waals surface area contributed by atoms with Crippen LogP contribution >= 0.6 is 0 Å². The Kier molecular flexibility index (Phi) is 3.20. The normalized spacial score (nSPS) is 27.5. The lowest BCUT2D eigenvalue weighted by Gasteiger charge is -2.31. The van der Waals surface area contributed by atoms with E-state index in [1.165, 1.54) is 31.5 Å². The molecule has 0 saturated carbocycles. The van der Waals surface area contributed by atoms with Crippen molar-refractivity contribution in [3.8, 4) is 0 Å². The molecule has 14 heavy (non-hydrogen) atoms. The highest BCUT2D eigenvalue weighted by Crippen LogP contribution is 2.31. The number of hydrogen-bond acceptors (Lipinski definition) is 1. The zero-order valence-electron chi connectivity index (χ0n) is 8.87. The van der Waals surface area contributed by atoms with Crippen molar-refractivity contribution in [1.82, 2.24) is 5.32 Å². The second-order valence-corrected chi connectivity index (χ2v) is 4.18. The average Bonchev–Trinajstić information content (AvgIpc) is 2.30. The van der Waals surface area contributed by atoms with Gasteiger partial charge in [-0.05, 0) is 36.9 Å². The molecule has 0 amide bonds. The Hall–Kier alpha value is -0.820. The van der Waals surface area contributed by atoms with Gasteiger partial charge in [-0.3, -0.25) is 0 Å². The third-order valence-corrected chi connectivity index (χ3v) is 3.36. The lowest BCUT2D eigenvalue weighted by atomic mass is 9.80. The van der Waals surface area contributed by atoms with Crippen molar-refractivity contribution in [3.63, 3.8) is 0 Å². The minimum absolute atomic E-state index is 0.780. The summed E-state index contributed by atoms with van der Waals surface area (Å²) in [6.45, 7) is 4.67. The van der Waals surface area contributed by atoms with E-state index in [2.05, 4.69) is 42.6 Å². The summed E-state index contributed by atoms with van der Waals surface area (Å²) in [6, 6.07) is 11.0. The predicted molar refractivity (Wildman–Crippen MR) is 60.5 cm³/mol. The zero-order chi connectivity index (χ0) is 9.80. The molecule has 2 atom stereocenters. The van der Waals surface area contributed by atoms with Crippen molar-refractivity contribution in [3.05, 3.63) is 35.9 Å². The predicted octanol–water partition coefficient (Wildman–Crippen LogP) is 2.79. The molecule has 1 heterocycles. The molecule has 0 bridgehead atoms. The van der Waals surface area contributed by atoms with Crippen molar-refractivity contribution in [2.45, 2.75) is 25.7 Å². The number of piperidine rings is 1. The van der Waals surface area contributed by atoms with E-state index < -0.39 is 0 Å². The molecule has 0 aliphatic carbocycles. The smallest absolute Gasteiger partial charge is 0.00148 e. The van der Waals surface area contributed by atoms with Gasteiger partial charge in [-0.25, -0.2) is 0 Å². The van der Waals surface area contributed by atoms with Crippen molar-refractivity contribution in [1.29, 1.82) is 0 Å². The summed E-state index contributed by atoms with van der Waals surface area (Å²) >= 11 is 0. The van der Waals surface area contributed by atoms with Gasteiger partial charge in [0.1, 0.15) is 0 Å². The first-order chi connectivity index (χ1) is 6.92. The van der Waals surface area contributed by atoms with Crippen LogP contribution in [0.1, 0.15) is 31.2 Å². The third-order valence-electron chi connectivity index (χ3n) is 3.36. The number of hydrogen-bond donors (Lipinski definition) is 1. The SMILES string of the molecule is CC[C@@H]1CNCC[C@H]1c1ccccc1. The Labute approximate surface area is 86.5 Å². The van der Waals surface area contributed by atoms with Crippen LogP contribution in [-0.2, 0) is 0 Å². The Balaban J connectivity index is 2.15. The molecule has 2 rings (SSSR count). The van der Waals surface area contributed by atoms with Crippen LogP contribution in [0.25, 0.3) is 0 Å². The molecular formula is C13H19N. The summed E-state index contributed by atoms with van der Waals surface area (Å²) in [6.07, 6.45) is 2.58. The third kappa shape index (κ3) is 1.98. The molecule has 1 aromatic carbocycles. The van der Waals surface area contributed by atoms with E-state index in [4.69, 9.17) is 0 Å². The molecule has 1 aromatic rings. The van der Waals surface area contributed by atoms with Crippen LogP contribution in [0.15, 0.2) is 30.3 Å². The maximum Gasteiger partial charge on any atom is -0.00148 e. The van der Waals surface area contributed by atoms with E-state index in [9.17, 15) is 0 Å². The van der Waals surface area contributed by atoms with Gasteiger partial charge in [-0.2, -0.15) is 0 Å². The molecule has 1 N–H and O–H groups in total. The standard InChI is InChI=1S/C13H19N/c1-2-11-10-14-9-8-13(11)12-6-4-3-5-7-12/h3-7,11,13-14H,2,8-10H2,1H3/t11-,13-/m1/s1. The van der Waals surface area contributed by atoms with Gasteiger partial charge in [0.2, 0.25) is 0 Å². The molecule has 0 unspecified atom stereocenters. The molecule has 1 nitrogen and oxygen atoms in total. The summed E-state index contributed by atoms with van der Waals surface area (Å²) in [7, 11) is 0. The summed E-state index contributed by atoms with van der Waals surface area (Å²) in [4.78, 5) is 0. The zero-order valence-corrected chi connectivity index (χ0v) is 8.87. The summed E-state index contributed by atoms with van der Waals surface area (Å²) in [5.41, 5.74) is 1.53. The van der Waals surface area contributed by atoms with Crippen LogP contribution in [0.4, 0.5) is 0 Å². The fraction of sp³-hybridized carbons (Fsp3) is 0.538. The minimum atomic E-state index is 0.780. The molecule has 0 radical (unpaired) electrons. The maximum atomic E-state index is 3.49. The van der Waals surface area contributed by atoms with Gasteiger partial charge in [-0.15, -0.1) is 0 Å². The average molecular weight is 189 g/mol. The van der Waals surface area contributed by atoms with E-state index in [1.807, 2.05) is 0 Å². The first kappa shape index (κ1) is 9.72. The summed E-state index contributed by atoms with van der Waals surface area (Å²) in [5, 5.41) is 3.49. The second-order valence-electron chi connectivity index (χ2n) is 4.18. The maximum absolute atomic E-state index is 3.49. The van der Waals surface area contributed by atoms with Gasteiger partial charge in [0.05, 0.1) is 0 Å². The fourth-order valence-electron chi connectivity index (χ4n) is 2.49.